The molecule has 8 aromatic carbocycles. The Morgan fingerprint density at radius 2 is 0.956 bits per heavy atom. The van der Waals surface area contributed by atoms with Gasteiger partial charge in [0.2, 0.25) is 0 Å². The lowest BCUT2D eigenvalue weighted by atomic mass is 9.77. The van der Waals surface area contributed by atoms with Gasteiger partial charge < -0.3 is 5.02 Å². The molecular formula is C43H31BO. The van der Waals surface area contributed by atoms with Crippen molar-refractivity contribution in [1.82, 2.24) is 0 Å². The van der Waals surface area contributed by atoms with Crippen molar-refractivity contribution in [2.75, 3.05) is 0 Å². The van der Waals surface area contributed by atoms with Gasteiger partial charge in [-0.3, -0.25) is 0 Å². The summed E-state index contributed by atoms with van der Waals surface area (Å²) >= 11 is 0. The molecule has 9 rings (SSSR count). The third-order valence-electron chi connectivity index (χ3n) is 10.1. The van der Waals surface area contributed by atoms with Gasteiger partial charge in [-0.25, -0.2) is 0 Å². The van der Waals surface area contributed by atoms with Crippen LogP contribution in [0.4, 0.5) is 0 Å². The fourth-order valence-corrected chi connectivity index (χ4v) is 7.86. The molecule has 0 aliphatic heterocycles. The van der Waals surface area contributed by atoms with Gasteiger partial charge in [-0.2, -0.15) is 0 Å². The zero-order valence-electron chi connectivity index (χ0n) is 25.4. The molecule has 0 spiro atoms. The quantitative estimate of drug-likeness (QED) is 0.165. The van der Waals surface area contributed by atoms with E-state index in [1.807, 2.05) is 0 Å². The van der Waals surface area contributed by atoms with Crippen LogP contribution in [-0.4, -0.2) is 12.5 Å². The lowest BCUT2D eigenvalue weighted by Gasteiger charge is -2.24. The van der Waals surface area contributed by atoms with Gasteiger partial charge in [-0.05, 0) is 112 Å². The fraction of sp³-hybridized carbons (Fsp3) is 0.0698. The minimum absolute atomic E-state index is 0.0469. The summed E-state index contributed by atoms with van der Waals surface area (Å²) in [6.45, 7) is 4.65. The molecule has 212 valence electrons. The minimum Gasteiger partial charge on any atom is -0.449 e. The summed E-state index contributed by atoms with van der Waals surface area (Å²) in [7, 11) is 0.0469. The average molecular weight is 575 g/mol. The first-order valence-electron chi connectivity index (χ1n) is 15.8. The van der Waals surface area contributed by atoms with Crippen LogP contribution in [0.2, 0.25) is 0 Å². The molecule has 0 amide bonds. The second kappa shape index (κ2) is 9.66. The Bertz CT molecular complexity index is 2500. The molecule has 0 atom stereocenters. The lowest BCUT2D eigenvalue weighted by Crippen LogP contribution is -2.20. The fourth-order valence-electron chi connectivity index (χ4n) is 7.86. The molecule has 2 heteroatoms. The summed E-state index contributed by atoms with van der Waals surface area (Å²) in [6.07, 6.45) is 0. The molecule has 0 saturated heterocycles. The maximum Gasteiger partial charge on any atom is 0.304 e. The second-order valence-electron chi connectivity index (χ2n) is 13.0. The molecule has 1 nitrogen and oxygen atoms in total. The van der Waals surface area contributed by atoms with E-state index in [9.17, 15) is 5.02 Å². The smallest absolute Gasteiger partial charge is 0.304 e. The summed E-state index contributed by atoms with van der Waals surface area (Å²) in [5.74, 6) is 0. The Kier molecular flexibility index (Phi) is 5.64. The van der Waals surface area contributed by atoms with Gasteiger partial charge in [-0.1, -0.05) is 135 Å². The summed E-state index contributed by atoms with van der Waals surface area (Å²) in [5, 5.41) is 20.0. The molecule has 0 saturated carbocycles. The molecule has 1 aliphatic rings. The van der Waals surface area contributed by atoms with E-state index in [0.29, 0.717) is 0 Å². The Morgan fingerprint density at radius 1 is 0.444 bits per heavy atom. The van der Waals surface area contributed by atoms with Gasteiger partial charge >= 0.3 is 7.48 Å². The Balaban J connectivity index is 1.45. The molecule has 0 aromatic heterocycles. The van der Waals surface area contributed by atoms with Crippen molar-refractivity contribution in [1.29, 1.82) is 0 Å². The van der Waals surface area contributed by atoms with Gasteiger partial charge in [0.05, 0.1) is 0 Å². The number of hydrogen-bond acceptors (Lipinski definition) is 1. The Morgan fingerprint density at radius 3 is 1.53 bits per heavy atom. The van der Waals surface area contributed by atoms with Crippen LogP contribution in [0, 0.1) is 0 Å². The zero-order valence-corrected chi connectivity index (χ0v) is 25.4. The summed E-state index contributed by atoms with van der Waals surface area (Å²) in [6, 6.07) is 51.4. The maximum absolute atomic E-state index is 9.99. The molecule has 45 heavy (non-hydrogen) atoms. The van der Waals surface area contributed by atoms with Crippen molar-refractivity contribution in [3.8, 4) is 33.4 Å². The molecule has 0 fully saturated rings. The van der Waals surface area contributed by atoms with Crippen LogP contribution in [0.15, 0.2) is 140 Å². The highest BCUT2D eigenvalue weighted by Gasteiger charge is 2.36. The molecule has 1 aliphatic carbocycles. The summed E-state index contributed by atoms with van der Waals surface area (Å²) < 4.78 is 0. The SMILES string of the molecule is CC1(C)c2cc(BO)ccc2-c2cc3c(-c4ccc5ccccc5c4)c4ccccc4c(-c4ccc5ccccc5c4)c3cc21. The summed E-state index contributed by atoms with van der Waals surface area (Å²) in [4.78, 5) is 0. The highest BCUT2D eigenvalue weighted by atomic mass is 16.2. The van der Waals surface area contributed by atoms with Crippen molar-refractivity contribution in [2.24, 2.45) is 0 Å². The van der Waals surface area contributed by atoms with E-state index >= 15 is 0 Å². The van der Waals surface area contributed by atoms with Crippen LogP contribution in [0.25, 0.3) is 76.5 Å². The van der Waals surface area contributed by atoms with E-state index in [2.05, 4.69) is 153 Å². The van der Waals surface area contributed by atoms with Gasteiger partial charge in [-0.15, -0.1) is 0 Å². The van der Waals surface area contributed by atoms with Crippen molar-refractivity contribution < 1.29 is 5.02 Å². The van der Waals surface area contributed by atoms with Gasteiger partial charge in [0.25, 0.3) is 0 Å². The number of fused-ring (bicyclic) bond motifs is 7. The highest BCUT2D eigenvalue weighted by molar-refractivity contribution is 6.45. The van der Waals surface area contributed by atoms with Crippen LogP contribution >= 0.6 is 0 Å². The van der Waals surface area contributed by atoms with Crippen LogP contribution in [0.1, 0.15) is 25.0 Å². The van der Waals surface area contributed by atoms with E-state index in [0.717, 1.165) is 5.46 Å². The third-order valence-corrected chi connectivity index (χ3v) is 10.1. The molecule has 0 heterocycles. The van der Waals surface area contributed by atoms with E-state index in [1.54, 1.807) is 0 Å². The third kappa shape index (κ3) is 3.86. The van der Waals surface area contributed by atoms with Crippen LogP contribution < -0.4 is 5.46 Å². The van der Waals surface area contributed by atoms with Crippen molar-refractivity contribution in [3.05, 3.63) is 151 Å². The van der Waals surface area contributed by atoms with E-state index in [1.165, 1.54) is 87.6 Å². The topological polar surface area (TPSA) is 20.2 Å². The van der Waals surface area contributed by atoms with Crippen LogP contribution in [0.3, 0.4) is 0 Å². The summed E-state index contributed by atoms with van der Waals surface area (Å²) in [5.41, 5.74) is 10.9. The first-order chi connectivity index (χ1) is 22.0. The Labute approximate surface area is 263 Å². The molecule has 1 N–H and O–H groups in total. The molecule has 8 aromatic rings. The number of benzene rings is 8. The predicted molar refractivity (Wildman–Crippen MR) is 194 cm³/mol. The number of rotatable bonds is 3. The van der Waals surface area contributed by atoms with Crippen molar-refractivity contribution in [3.63, 3.8) is 0 Å². The second-order valence-corrected chi connectivity index (χ2v) is 13.0. The van der Waals surface area contributed by atoms with Crippen molar-refractivity contribution >= 4 is 56.0 Å². The molecule has 0 bridgehead atoms. The van der Waals surface area contributed by atoms with Crippen LogP contribution in [-0.2, 0) is 5.41 Å². The normalized spacial score (nSPS) is 13.4. The van der Waals surface area contributed by atoms with Gasteiger partial charge in [0.1, 0.15) is 0 Å². The first kappa shape index (κ1) is 26.2. The molecular weight excluding hydrogens is 543 g/mol. The van der Waals surface area contributed by atoms with E-state index in [4.69, 9.17) is 0 Å². The first-order valence-corrected chi connectivity index (χ1v) is 15.8. The van der Waals surface area contributed by atoms with Gasteiger partial charge in [0.15, 0.2) is 0 Å². The predicted octanol–water partition coefficient (Wildman–Crippen LogP) is 9.91. The minimum atomic E-state index is -0.195. The van der Waals surface area contributed by atoms with Crippen LogP contribution in [0.5, 0.6) is 0 Å². The number of hydrogen-bond donors (Lipinski definition) is 1. The monoisotopic (exact) mass is 574 g/mol. The van der Waals surface area contributed by atoms with Crippen molar-refractivity contribution in [2.45, 2.75) is 19.3 Å². The van der Waals surface area contributed by atoms with E-state index in [-0.39, 0.29) is 12.9 Å². The standard InChI is InChI=1S/C43H31BO/c1-43(2)39-23-32(44-45)19-20-33(39)36-24-37-38(25-40(36)43)42(31-18-16-27-10-4-6-12-29(27)22-31)35-14-8-7-13-34(35)41(37)30-17-15-26-9-3-5-11-28(26)21-30/h3-25,44-45H,1-2H3. The van der Waals surface area contributed by atoms with E-state index < -0.39 is 0 Å². The molecule has 0 radical (unpaired) electrons. The average Bonchev–Trinajstić information content (AvgIpc) is 3.30. The van der Waals surface area contributed by atoms with Gasteiger partial charge in [0, 0.05) is 5.41 Å². The lowest BCUT2D eigenvalue weighted by molar-refractivity contribution is 0.615. The highest BCUT2D eigenvalue weighted by Crippen LogP contribution is 2.53. The zero-order chi connectivity index (χ0) is 30.3. The largest absolute Gasteiger partial charge is 0.449 e. The molecule has 0 unspecified atom stereocenters. The maximum atomic E-state index is 9.99. The Hall–Kier alpha value is -5.18.